The fraction of sp³-hybridized carbons (Fsp3) is 0.562. The second-order valence-corrected chi connectivity index (χ2v) is 5.48. The summed E-state index contributed by atoms with van der Waals surface area (Å²) in [6, 6.07) is 8.48. The molecule has 0 radical (unpaired) electrons. The number of amides is 1. The van der Waals surface area contributed by atoms with E-state index in [-0.39, 0.29) is 5.91 Å². The highest BCUT2D eigenvalue weighted by atomic mass is 16.1. The van der Waals surface area contributed by atoms with E-state index in [1.807, 2.05) is 12.1 Å². The maximum Gasteiger partial charge on any atom is 0.239 e. The van der Waals surface area contributed by atoms with Crippen LogP contribution in [0.5, 0.6) is 0 Å². The third kappa shape index (κ3) is 4.93. The van der Waals surface area contributed by atoms with Crippen LogP contribution in [0, 0.1) is 6.92 Å². The van der Waals surface area contributed by atoms with Crippen molar-refractivity contribution in [1.82, 2.24) is 5.32 Å². The van der Waals surface area contributed by atoms with Crippen LogP contribution in [0.3, 0.4) is 0 Å². The van der Waals surface area contributed by atoms with Crippen molar-refractivity contribution in [3.05, 3.63) is 29.8 Å². The van der Waals surface area contributed by atoms with Crippen LogP contribution in [0.15, 0.2) is 24.3 Å². The molecule has 1 saturated carbocycles. The minimum Gasteiger partial charge on any atom is -0.376 e. The van der Waals surface area contributed by atoms with Gasteiger partial charge in [-0.1, -0.05) is 37.8 Å². The summed E-state index contributed by atoms with van der Waals surface area (Å²) >= 11 is 0. The predicted molar refractivity (Wildman–Crippen MR) is 79.3 cm³/mol. The average Bonchev–Trinajstić information content (AvgIpc) is 2.65. The lowest BCUT2D eigenvalue weighted by atomic mass is 10.1. The Kier molecular flexibility index (Phi) is 5.25. The van der Waals surface area contributed by atoms with Crippen LogP contribution >= 0.6 is 0 Å². The molecular weight excluding hydrogens is 236 g/mol. The van der Waals surface area contributed by atoms with Gasteiger partial charge >= 0.3 is 0 Å². The van der Waals surface area contributed by atoms with Gasteiger partial charge < -0.3 is 10.6 Å². The van der Waals surface area contributed by atoms with Gasteiger partial charge in [0, 0.05) is 11.7 Å². The van der Waals surface area contributed by atoms with E-state index in [4.69, 9.17) is 0 Å². The number of carbonyl (C=O) groups is 1. The number of hydrogen-bond acceptors (Lipinski definition) is 2. The van der Waals surface area contributed by atoms with E-state index in [1.165, 1.54) is 31.2 Å². The molecule has 104 valence electrons. The first-order valence-corrected chi connectivity index (χ1v) is 7.34. The highest BCUT2D eigenvalue weighted by molar-refractivity contribution is 5.81. The van der Waals surface area contributed by atoms with Gasteiger partial charge in [-0.15, -0.1) is 0 Å². The van der Waals surface area contributed by atoms with Crippen LogP contribution in [0.2, 0.25) is 0 Å². The minimum atomic E-state index is 0.105. The number of benzene rings is 1. The van der Waals surface area contributed by atoms with E-state index in [1.54, 1.807) is 0 Å². The van der Waals surface area contributed by atoms with Crippen LogP contribution in [0.1, 0.15) is 44.1 Å². The zero-order valence-corrected chi connectivity index (χ0v) is 11.7. The van der Waals surface area contributed by atoms with Gasteiger partial charge in [0.1, 0.15) is 0 Å². The Morgan fingerprint density at radius 1 is 1.21 bits per heavy atom. The van der Waals surface area contributed by atoms with E-state index >= 15 is 0 Å². The highest BCUT2D eigenvalue weighted by Crippen LogP contribution is 2.17. The first-order chi connectivity index (χ1) is 9.24. The van der Waals surface area contributed by atoms with Crippen LogP contribution in [-0.2, 0) is 4.79 Å². The number of nitrogens with one attached hydrogen (secondary N) is 2. The summed E-state index contributed by atoms with van der Waals surface area (Å²) in [7, 11) is 0. The molecule has 1 amide bonds. The Bertz CT molecular complexity index is 409. The molecule has 0 heterocycles. The fourth-order valence-corrected chi connectivity index (χ4v) is 2.64. The topological polar surface area (TPSA) is 41.1 Å². The molecule has 0 bridgehead atoms. The Morgan fingerprint density at radius 2 is 1.95 bits per heavy atom. The lowest BCUT2D eigenvalue weighted by Crippen LogP contribution is -2.38. The molecule has 0 atom stereocenters. The average molecular weight is 260 g/mol. The summed E-state index contributed by atoms with van der Waals surface area (Å²) in [6.07, 6.45) is 7.39. The van der Waals surface area contributed by atoms with E-state index in [0.717, 1.165) is 18.5 Å². The van der Waals surface area contributed by atoms with Crippen LogP contribution in [0.4, 0.5) is 5.69 Å². The smallest absolute Gasteiger partial charge is 0.239 e. The van der Waals surface area contributed by atoms with Crippen molar-refractivity contribution in [2.45, 2.75) is 51.5 Å². The van der Waals surface area contributed by atoms with Gasteiger partial charge in [0.05, 0.1) is 6.54 Å². The number of carbonyl (C=O) groups excluding carboxylic acids is 1. The van der Waals surface area contributed by atoms with Crippen molar-refractivity contribution in [1.29, 1.82) is 0 Å². The summed E-state index contributed by atoms with van der Waals surface area (Å²) in [5.41, 5.74) is 2.21. The van der Waals surface area contributed by atoms with Gasteiger partial charge in [0.25, 0.3) is 0 Å². The van der Waals surface area contributed by atoms with Gasteiger partial charge in [0.2, 0.25) is 5.91 Å². The highest BCUT2D eigenvalue weighted by Gasteiger charge is 2.14. The molecule has 2 rings (SSSR count). The standard InChI is InChI=1S/C16H24N2O/c1-13-7-6-10-15(11-13)17-12-16(19)18-14-8-4-2-3-5-9-14/h6-7,10-11,14,17H,2-5,8-9,12H2,1H3,(H,18,19). The second-order valence-electron chi connectivity index (χ2n) is 5.48. The first kappa shape index (κ1) is 13.9. The van der Waals surface area contributed by atoms with Gasteiger partial charge in [-0.05, 0) is 37.5 Å². The van der Waals surface area contributed by atoms with E-state index < -0.39 is 0 Å². The van der Waals surface area contributed by atoms with Crippen molar-refractivity contribution < 1.29 is 4.79 Å². The number of aryl methyl sites for hydroxylation is 1. The third-order valence-electron chi connectivity index (χ3n) is 3.69. The summed E-state index contributed by atoms with van der Waals surface area (Å²) in [5.74, 6) is 0.105. The lowest BCUT2D eigenvalue weighted by Gasteiger charge is -2.16. The van der Waals surface area contributed by atoms with E-state index in [0.29, 0.717) is 12.6 Å². The molecule has 2 N–H and O–H groups in total. The van der Waals surface area contributed by atoms with Crippen LogP contribution < -0.4 is 10.6 Å². The largest absolute Gasteiger partial charge is 0.376 e. The molecule has 0 saturated heterocycles. The summed E-state index contributed by atoms with van der Waals surface area (Å²) in [5, 5.41) is 6.32. The summed E-state index contributed by atoms with van der Waals surface area (Å²) in [4.78, 5) is 11.9. The van der Waals surface area contributed by atoms with Gasteiger partial charge in [-0.2, -0.15) is 0 Å². The van der Waals surface area contributed by atoms with Crippen LogP contribution in [-0.4, -0.2) is 18.5 Å². The Labute approximate surface area is 115 Å². The molecule has 1 aliphatic rings. The summed E-state index contributed by atoms with van der Waals surface area (Å²) in [6.45, 7) is 2.41. The zero-order chi connectivity index (χ0) is 13.5. The van der Waals surface area contributed by atoms with Crippen molar-refractivity contribution in [3.63, 3.8) is 0 Å². The first-order valence-electron chi connectivity index (χ1n) is 7.34. The molecule has 1 aromatic carbocycles. The molecule has 1 aromatic rings. The van der Waals surface area contributed by atoms with E-state index in [9.17, 15) is 4.79 Å². The van der Waals surface area contributed by atoms with Gasteiger partial charge in [-0.3, -0.25) is 4.79 Å². The fourth-order valence-electron chi connectivity index (χ4n) is 2.64. The lowest BCUT2D eigenvalue weighted by molar-refractivity contribution is -0.120. The molecule has 0 spiro atoms. The molecule has 19 heavy (non-hydrogen) atoms. The van der Waals surface area contributed by atoms with E-state index in [2.05, 4.69) is 29.7 Å². The molecule has 0 aromatic heterocycles. The maximum atomic E-state index is 11.9. The molecule has 3 nitrogen and oxygen atoms in total. The molecule has 0 unspecified atom stereocenters. The SMILES string of the molecule is Cc1cccc(NCC(=O)NC2CCCCCC2)c1. The number of hydrogen-bond donors (Lipinski definition) is 2. The Hall–Kier alpha value is -1.51. The molecule has 1 aliphatic carbocycles. The van der Waals surface area contributed by atoms with Gasteiger partial charge in [-0.25, -0.2) is 0 Å². The van der Waals surface area contributed by atoms with Gasteiger partial charge in [0.15, 0.2) is 0 Å². The van der Waals surface area contributed by atoms with Crippen molar-refractivity contribution in [3.8, 4) is 0 Å². The molecule has 3 heteroatoms. The third-order valence-corrected chi connectivity index (χ3v) is 3.69. The number of anilines is 1. The normalized spacial score (nSPS) is 16.7. The molecule has 0 aliphatic heterocycles. The quantitative estimate of drug-likeness (QED) is 0.816. The van der Waals surface area contributed by atoms with Crippen molar-refractivity contribution in [2.24, 2.45) is 0 Å². The zero-order valence-electron chi connectivity index (χ0n) is 11.7. The number of rotatable bonds is 4. The predicted octanol–water partition coefficient (Wildman–Crippen LogP) is 3.25. The maximum absolute atomic E-state index is 11.9. The monoisotopic (exact) mass is 260 g/mol. The van der Waals surface area contributed by atoms with Crippen molar-refractivity contribution in [2.75, 3.05) is 11.9 Å². The van der Waals surface area contributed by atoms with Crippen LogP contribution in [0.25, 0.3) is 0 Å². The molecule has 1 fully saturated rings. The Balaban J connectivity index is 1.74. The molecular formula is C16H24N2O. The Morgan fingerprint density at radius 3 is 2.63 bits per heavy atom. The second kappa shape index (κ2) is 7.17. The summed E-state index contributed by atoms with van der Waals surface area (Å²) < 4.78 is 0. The van der Waals surface area contributed by atoms with Crippen molar-refractivity contribution >= 4 is 11.6 Å². The minimum absolute atomic E-state index is 0.105.